The number of nitrogens with zero attached hydrogens (tertiary/aromatic N) is 2. The molecule has 0 saturated carbocycles. The summed E-state index contributed by atoms with van der Waals surface area (Å²) in [5, 5.41) is 0. The van der Waals surface area contributed by atoms with E-state index in [9.17, 15) is 0 Å². The predicted octanol–water partition coefficient (Wildman–Crippen LogP) is 1.83. The SMILES string of the molecule is CN(C)c1ccc(C(CN)N2CCCCC2)o1. The first-order chi connectivity index (χ1) is 8.22. The molecule has 1 saturated heterocycles. The summed E-state index contributed by atoms with van der Waals surface area (Å²) in [5.74, 6) is 1.90. The van der Waals surface area contributed by atoms with Crippen molar-refractivity contribution in [1.29, 1.82) is 0 Å². The molecule has 4 nitrogen and oxygen atoms in total. The zero-order valence-electron chi connectivity index (χ0n) is 10.9. The highest BCUT2D eigenvalue weighted by Crippen LogP contribution is 2.27. The van der Waals surface area contributed by atoms with Gasteiger partial charge in [-0.1, -0.05) is 6.42 Å². The van der Waals surface area contributed by atoms with E-state index in [0.717, 1.165) is 24.7 Å². The molecule has 96 valence electrons. The highest BCUT2D eigenvalue weighted by Gasteiger charge is 2.23. The number of furan rings is 1. The van der Waals surface area contributed by atoms with Gasteiger partial charge in [-0.3, -0.25) is 4.90 Å². The molecule has 0 aliphatic carbocycles. The van der Waals surface area contributed by atoms with Gasteiger partial charge in [0.25, 0.3) is 0 Å². The number of hydrogen-bond acceptors (Lipinski definition) is 4. The molecule has 1 atom stereocenters. The fourth-order valence-electron chi connectivity index (χ4n) is 2.44. The summed E-state index contributed by atoms with van der Waals surface area (Å²) in [7, 11) is 3.97. The van der Waals surface area contributed by atoms with Crippen LogP contribution in [0.4, 0.5) is 5.88 Å². The summed E-state index contributed by atoms with van der Waals surface area (Å²) in [4.78, 5) is 4.43. The average Bonchev–Trinajstić information content (AvgIpc) is 2.81. The van der Waals surface area contributed by atoms with Crippen molar-refractivity contribution in [1.82, 2.24) is 4.90 Å². The van der Waals surface area contributed by atoms with Gasteiger partial charge in [-0.05, 0) is 32.0 Å². The Morgan fingerprint density at radius 1 is 1.29 bits per heavy atom. The van der Waals surface area contributed by atoms with Gasteiger partial charge in [0.1, 0.15) is 5.76 Å². The number of piperidine rings is 1. The highest BCUT2D eigenvalue weighted by molar-refractivity contribution is 5.34. The van der Waals surface area contributed by atoms with E-state index in [1.165, 1.54) is 19.3 Å². The van der Waals surface area contributed by atoms with E-state index in [1.54, 1.807) is 0 Å². The number of hydrogen-bond donors (Lipinski definition) is 1. The fraction of sp³-hybridized carbons (Fsp3) is 0.692. The van der Waals surface area contributed by atoms with E-state index in [1.807, 2.05) is 25.1 Å². The van der Waals surface area contributed by atoms with E-state index in [2.05, 4.69) is 11.0 Å². The van der Waals surface area contributed by atoms with Crippen LogP contribution in [-0.2, 0) is 0 Å². The van der Waals surface area contributed by atoms with Gasteiger partial charge in [-0.2, -0.15) is 0 Å². The van der Waals surface area contributed by atoms with Crippen LogP contribution in [0.25, 0.3) is 0 Å². The summed E-state index contributed by atoms with van der Waals surface area (Å²) in [5.41, 5.74) is 5.91. The van der Waals surface area contributed by atoms with E-state index in [-0.39, 0.29) is 6.04 Å². The summed E-state index contributed by atoms with van der Waals surface area (Å²) in [6, 6.07) is 4.31. The van der Waals surface area contributed by atoms with Crippen molar-refractivity contribution in [2.75, 3.05) is 38.6 Å². The Morgan fingerprint density at radius 2 is 2.00 bits per heavy atom. The second kappa shape index (κ2) is 5.56. The molecule has 1 aromatic rings. The summed E-state index contributed by atoms with van der Waals surface area (Å²) >= 11 is 0. The lowest BCUT2D eigenvalue weighted by atomic mass is 10.1. The number of anilines is 1. The van der Waals surface area contributed by atoms with Gasteiger partial charge in [0.2, 0.25) is 0 Å². The van der Waals surface area contributed by atoms with Gasteiger partial charge >= 0.3 is 0 Å². The van der Waals surface area contributed by atoms with Crippen molar-refractivity contribution in [3.05, 3.63) is 17.9 Å². The maximum absolute atomic E-state index is 5.91. The maximum atomic E-state index is 5.91. The third-order valence-corrected chi connectivity index (χ3v) is 3.44. The van der Waals surface area contributed by atoms with Crippen molar-refractivity contribution in [3.63, 3.8) is 0 Å². The van der Waals surface area contributed by atoms with Gasteiger partial charge in [-0.25, -0.2) is 0 Å². The Bertz CT molecular complexity index is 342. The quantitative estimate of drug-likeness (QED) is 0.868. The minimum Gasteiger partial charge on any atom is -0.444 e. The third-order valence-electron chi connectivity index (χ3n) is 3.44. The molecule has 2 N–H and O–H groups in total. The molecule has 1 unspecified atom stereocenters. The highest BCUT2D eigenvalue weighted by atomic mass is 16.4. The molecule has 0 aromatic carbocycles. The standard InChI is InChI=1S/C13H23N3O/c1-15(2)13-7-6-12(17-13)11(10-14)16-8-4-3-5-9-16/h6-7,11H,3-5,8-10,14H2,1-2H3. The monoisotopic (exact) mass is 237 g/mol. The van der Waals surface area contributed by atoms with Crippen LogP contribution in [0.1, 0.15) is 31.1 Å². The molecule has 2 rings (SSSR count). The second-order valence-electron chi connectivity index (χ2n) is 4.92. The summed E-state index contributed by atoms with van der Waals surface area (Å²) in [6.45, 7) is 2.90. The lowest BCUT2D eigenvalue weighted by Gasteiger charge is -2.32. The van der Waals surface area contributed by atoms with Crippen LogP contribution in [0.15, 0.2) is 16.5 Å². The molecule has 0 bridgehead atoms. The Balaban J connectivity index is 2.10. The number of likely N-dealkylation sites (tertiary alicyclic amines) is 1. The Hall–Kier alpha value is -1.00. The summed E-state index contributed by atoms with van der Waals surface area (Å²) < 4.78 is 5.86. The van der Waals surface area contributed by atoms with E-state index in [4.69, 9.17) is 10.2 Å². The zero-order chi connectivity index (χ0) is 12.3. The smallest absolute Gasteiger partial charge is 0.195 e. The molecule has 1 aliphatic heterocycles. The van der Waals surface area contributed by atoms with Crippen LogP contribution < -0.4 is 10.6 Å². The first kappa shape index (κ1) is 12.5. The topological polar surface area (TPSA) is 45.6 Å². The molecule has 17 heavy (non-hydrogen) atoms. The molecule has 0 spiro atoms. The predicted molar refractivity (Wildman–Crippen MR) is 70.3 cm³/mol. The van der Waals surface area contributed by atoms with E-state index in [0.29, 0.717) is 6.54 Å². The molecular weight excluding hydrogens is 214 g/mol. The lowest BCUT2D eigenvalue weighted by molar-refractivity contribution is 0.150. The van der Waals surface area contributed by atoms with Gasteiger partial charge in [-0.15, -0.1) is 0 Å². The molecule has 1 aliphatic rings. The largest absolute Gasteiger partial charge is 0.444 e. The molecule has 1 aromatic heterocycles. The van der Waals surface area contributed by atoms with Crippen molar-refractivity contribution in [2.45, 2.75) is 25.3 Å². The first-order valence-electron chi connectivity index (χ1n) is 6.43. The fourth-order valence-corrected chi connectivity index (χ4v) is 2.44. The second-order valence-corrected chi connectivity index (χ2v) is 4.92. The molecule has 2 heterocycles. The van der Waals surface area contributed by atoms with Crippen LogP contribution in [-0.4, -0.2) is 38.6 Å². The van der Waals surface area contributed by atoms with Crippen LogP contribution in [0, 0.1) is 0 Å². The summed E-state index contributed by atoms with van der Waals surface area (Å²) in [6.07, 6.45) is 3.89. The molecule has 1 fully saturated rings. The number of rotatable bonds is 4. The molecular formula is C13H23N3O. The van der Waals surface area contributed by atoms with Crippen LogP contribution in [0.2, 0.25) is 0 Å². The van der Waals surface area contributed by atoms with Gasteiger partial charge in [0, 0.05) is 26.7 Å². The van der Waals surface area contributed by atoms with Crippen molar-refractivity contribution < 1.29 is 4.42 Å². The van der Waals surface area contributed by atoms with Crippen molar-refractivity contribution >= 4 is 5.88 Å². The van der Waals surface area contributed by atoms with E-state index < -0.39 is 0 Å². The van der Waals surface area contributed by atoms with Gasteiger partial charge < -0.3 is 15.1 Å². The van der Waals surface area contributed by atoms with Crippen LogP contribution >= 0.6 is 0 Å². The Labute approximate surface area is 103 Å². The minimum atomic E-state index is 0.240. The van der Waals surface area contributed by atoms with Crippen molar-refractivity contribution in [2.24, 2.45) is 5.73 Å². The minimum absolute atomic E-state index is 0.240. The lowest BCUT2D eigenvalue weighted by Crippen LogP contribution is -2.37. The molecule has 0 amide bonds. The first-order valence-corrected chi connectivity index (χ1v) is 6.43. The van der Waals surface area contributed by atoms with Gasteiger partial charge in [0.15, 0.2) is 5.88 Å². The molecule has 0 radical (unpaired) electrons. The van der Waals surface area contributed by atoms with Crippen LogP contribution in [0.5, 0.6) is 0 Å². The average molecular weight is 237 g/mol. The maximum Gasteiger partial charge on any atom is 0.195 e. The van der Waals surface area contributed by atoms with Crippen LogP contribution in [0.3, 0.4) is 0 Å². The number of nitrogens with two attached hydrogens (primary N) is 1. The molecule has 4 heteroatoms. The van der Waals surface area contributed by atoms with E-state index >= 15 is 0 Å². The normalized spacial score (nSPS) is 19.2. The zero-order valence-corrected chi connectivity index (χ0v) is 10.9. The Morgan fingerprint density at radius 3 is 2.53 bits per heavy atom. The van der Waals surface area contributed by atoms with Crippen molar-refractivity contribution in [3.8, 4) is 0 Å². The third kappa shape index (κ3) is 2.82. The Kier molecular flexibility index (Phi) is 4.07. The van der Waals surface area contributed by atoms with Gasteiger partial charge in [0.05, 0.1) is 6.04 Å².